The van der Waals surface area contributed by atoms with E-state index in [2.05, 4.69) is 22.4 Å². The van der Waals surface area contributed by atoms with Crippen LogP contribution >= 0.6 is 11.3 Å². The monoisotopic (exact) mass is 262 g/mol. The fourth-order valence-corrected chi connectivity index (χ4v) is 2.98. The highest BCUT2D eigenvalue weighted by Gasteiger charge is 2.32. The zero-order chi connectivity index (χ0) is 12.7. The van der Waals surface area contributed by atoms with Gasteiger partial charge in [-0.3, -0.25) is 4.79 Å². The van der Waals surface area contributed by atoms with E-state index in [1.807, 2.05) is 0 Å². The largest absolute Gasteiger partial charge is 0.397 e. The summed E-state index contributed by atoms with van der Waals surface area (Å²) in [6.45, 7) is 2.93. The van der Waals surface area contributed by atoms with E-state index >= 15 is 0 Å². The minimum absolute atomic E-state index is 0.102. The molecule has 18 heavy (non-hydrogen) atoms. The number of aromatic nitrogens is 2. The van der Waals surface area contributed by atoms with Crippen LogP contribution in [0.4, 0.5) is 5.69 Å². The highest BCUT2D eigenvalue weighted by molar-refractivity contribution is 7.21. The molecular weight excluding hydrogens is 248 g/mol. The Morgan fingerprint density at radius 1 is 1.67 bits per heavy atom. The molecule has 0 saturated heterocycles. The van der Waals surface area contributed by atoms with Crippen LogP contribution in [0.15, 0.2) is 12.3 Å². The molecular formula is C12H14N4OS. The molecule has 2 unspecified atom stereocenters. The normalized spacial score (nSPS) is 22.1. The summed E-state index contributed by atoms with van der Waals surface area (Å²) in [5.74, 6) is 1.26. The summed E-state index contributed by atoms with van der Waals surface area (Å²) in [5, 5.41) is 11.5. The molecule has 1 saturated carbocycles. The van der Waals surface area contributed by atoms with Crippen molar-refractivity contribution in [2.45, 2.75) is 13.3 Å². The first-order valence-electron chi connectivity index (χ1n) is 5.94. The van der Waals surface area contributed by atoms with E-state index in [0.717, 1.165) is 17.8 Å². The zero-order valence-corrected chi connectivity index (χ0v) is 10.8. The summed E-state index contributed by atoms with van der Waals surface area (Å²) in [7, 11) is 0. The van der Waals surface area contributed by atoms with Crippen LogP contribution < -0.4 is 11.1 Å². The van der Waals surface area contributed by atoms with E-state index in [0.29, 0.717) is 21.3 Å². The van der Waals surface area contributed by atoms with Crippen molar-refractivity contribution in [2.24, 2.45) is 11.8 Å². The van der Waals surface area contributed by atoms with Crippen LogP contribution in [0.5, 0.6) is 0 Å². The van der Waals surface area contributed by atoms with Crippen LogP contribution in [0.3, 0.4) is 0 Å². The van der Waals surface area contributed by atoms with Crippen molar-refractivity contribution >= 4 is 33.1 Å². The Labute approximate surface area is 108 Å². The molecule has 1 aliphatic carbocycles. The number of fused-ring (bicyclic) bond motifs is 1. The predicted octanol–water partition coefficient (Wildman–Crippen LogP) is 1.66. The summed E-state index contributed by atoms with van der Waals surface area (Å²) in [5.41, 5.74) is 6.48. The summed E-state index contributed by atoms with van der Waals surface area (Å²) in [6.07, 6.45) is 2.78. The van der Waals surface area contributed by atoms with Gasteiger partial charge < -0.3 is 11.1 Å². The van der Waals surface area contributed by atoms with Crippen molar-refractivity contribution in [3.8, 4) is 0 Å². The highest BCUT2D eigenvalue weighted by Crippen LogP contribution is 2.37. The number of carbonyl (C=O) groups is 1. The number of amides is 1. The lowest BCUT2D eigenvalue weighted by Gasteiger charge is -2.02. The highest BCUT2D eigenvalue weighted by atomic mass is 32.1. The van der Waals surface area contributed by atoms with E-state index < -0.39 is 0 Å². The number of nitrogen functional groups attached to an aromatic ring is 1. The Bertz CT molecular complexity index is 609. The molecule has 0 aromatic carbocycles. The Balaban J connectivity index is 1.80. The van der Waals surface area contributed by atoms with Crippen molar-refractivity contribution in [1.82, 2.24) is 15.5 Å². The SMILES string of the molecule is CC1CC1CNC(=O)c1sc2nnccc2c1N. The second-order valence-electron chi connectivity index (χ2n) is 4.78. The summed E-state index contributed by atoms with van der Waals surface area (Å²) >= 11 is 1.29. The first-order valence-corrected chi connectivity index (χ1v) is 6.76. The lowest BCUT2D eigenvalue weighted by molar-refractivity contribution is 0.0956. The van der Waals surface area contributed by atoms with Crippen LogP contribution in [0.25, 0.3) is 10.2 Å². The number of hydrogen-bond donors (Lipinski definition) is 2. The fraction of sp³-hybridized carbons (Fsp3) is 0.417. The molecule has 0 spiro atoms. The Morgan fingerprint density at radius 3 is 3.11 bits per heavy atom. The molecule has 1 amide bonds. The Hall–Kier alpha value is -1.69. The van der Waals surface area contributed by atoms with Crippen molar-refractivity contribution in [1.29, 1.82) is 0 Å². The summed E-state index contributed by atoms with van der Waals surface area (Å²) < 4.78 is 0. The maximum atomic E-state index is 12.0. The van der Waals surface area contributed by atoms with E-state index in [4.69, 9.17) is 5.73 Å². The third kappa shape index (κ3) is 1.92. The molecule has 1 aliphatic rings. The van der Waals surface area contributed by atoms with Crippen LogP contribution in [0, 0.1) is 11.8 Å². The lowest BCUT2D eigenvalue weighted by Crippen LogP contribution is -2.25. The van der Waals surface area contributed by atoms with Gasteiger partial charge in [0.1, 0.15) is 9.71 Å². The van der Waals surface area contributed by atoms with Gasteiger partial charge in [0.2, 0.25) is 0 Å². The van der Waals surface area contributed by atoms with Gasteiger partial charge in [0.15, 0.2) is 0 Å². The molecule has 2 heterocycles. The Kier molecular flexibility index (Phi) is 2.66. The van der Waals surface area contributed by atoms with Gasteiger partial charge in [-0.2, -0.15) is 5.10 Å². The van der Waals surface area contributed by atoms with Crippen molar-refractivity contribution in [3.05, 3.63) is 17.1 Å². The minimum Gasteiger partial charge on any atom is -0.397 e. The molecule has 1 fully saturated rings. The average Bonchev–Trinajstić information content (AvgIpc) is 2.98. The second-order valence-corrected chi connectivity index (χ2v) is 5.78. The zero-order valence-electron chi connectivity index (χ0n) is 10.0. The molecule has 2 aromatic rings. The molecule has 2 atom stereocenters. The van der Waals surface area contributed by atoms with Gasteiger partial charge >= 0.3 is 0 Å². The van der Waals surface area contributed by atoms with Gasteiger partial charge in [0, 0.05) is 11.9 Å². The van der Waals surface area contributed by atoms with Gasteiger partial charge in [0.05, 0.1) is 11.9 Å². The number of anilines is 1. The third-order valence-corrected chi connectivity index (χ3v) is 4.53. The van der Waals surface area contributed by atoms with E-state index in [-0.39, 0.29) is 5.91 Å². The van der Waals surface area contributed by atoms with Crippen molar-refractivity contribution < 1.29 is 4.79 Å². The van der Waals surface area contributed by atoms with Crippen LogP contribution in [-0.4, -0.2) is 22.6 Å². The molecule has 0 aliphatic heterocycles. The maximum absolute atomic E-state index is 12.0. The topological polar surface area (TPSA) is 80.9 Å². The summed E-state index contributed by atoms with van der Waals surface area (Å²) in [4.78, 5) is 13.3. The van der Waals surface area contributed by atoms with Crippen molar-refractivity contribution in [2.75, 3.05) is 12.3 Å². The first-order chi connectivity index (χ1) is 8.66. The fourth-order valence-electron chi connectivity index (χ4n) is 2.03. The summed E-state index contributed by atoms with van der Waals surface area (Å²) in [6, 6.07) is 1.79. The molecule has 0 radical (unpaired) electrons. The maximum Gasteiger partial charge on any atom is 0.263 e. The van der Waals surface area contributed by atoms with E-state index in [1.165, 1.54) is 17.8 Å². The first kappa shape index (κ1) is 11.4. The molecule has 94 valence electrons. The third-order valence-electron chi connectivity index (χ3n) is 3.43. The molecule has 0 bridgehead atoms. The van der Waals surface area contributed by atoms with E-state index in [9.17, 15) is 4.79 Å². The second kappa shape index (κ2) is 4.20. The van der Waals surface area contributed by atoms with Gasteiger partial charge in [0.25, 0.3) is 5.91 Å². The van der Waals surface area contributed by atoms with Crippen LogP contribution in [0.1, 0.15) is 23.0 Å². The number of nitrogens with one attached hydrogen (secondary N) is 1. The van der Waals surface area contributed by atoms with Crippen molar-refractivity contribution in [3.63, 3.8) is 0 Å². The van der Waals surface area contributed by atoms with Crippen LogP contribution in [-0.2, 0) is 0 Å². The number of nitrogens with two attached hydrogens (primary N) is 1. The number of hydrogen-bond acceptors (Lipinski definition) is 5. The Morgan fingerprint density at radius 2 is 2.44 bits per heavy atom. The van der Waals surface area contributed by atoms with Gasteiger partial charge in [-0.05, 0) is 24.3 Å². The number of nitrogens with zero attached hydrogens (tertiary/aromatic N) is 2. The minimum atomic E-state index is -0.102. The van der Waals surface area contributed by atoms with Gasteiger partial charge in [-0.1, -0.05) is 6.92 Å². The molecule has 6 heteroatoms. The molecule has 2 aromatic heterocycles. The molecule has 3 N–H and O–H groups in total. The van der Waals surface area contributed by atoms with E-state index in [1.54, 1.807) is 12.3 Å². The quantitative estimate of drug-likeness (QED) is 0.881. The molecule has 3 rings (SSSR count). The number of thiophene rings is 1. The van der Waals surface area contributed by atoms with Crippen LogP contribution in [0.2, 0.25) is 0 Å². The number of carbonyl (C=O) groups excluding carboxylic acids is 1. The number of rotatable bonds is 3. The smallest absolute Gasteiger partial charge is 0.263 e. The molecule has 5 nitrogen and oxygen atoms in total. The standard InChI is InChI=1S/C12H14N4OS/c1-6-4-7(6)5-14-11(17)10-9(13)8-2-3-15-16-12(8)18-10/h2-3,6-7H,4-5,13H2,1H3,(H,14,17). The average molecular weight is 262 g/mol. The predicted molar refractivity (Wildman–Crippen MR) is 71.4 cm³/mol. The van der Waals surface area contributed by atoms with Gasteiger partial charge in [-0.15, -0.1) is 16.4 Å². The van der Waals surface area contributed by atoms with Gasteiger partial charge in [-0.25, -0.2) is 0 Å². The lowest BCUT2D eigenvalue weighted by atomic mass is 10.2.